The Morgan fingerprint density at radius 2 is 1.83 bits per heavy atom. The highest BCUT2D eigenvalue weighted by Crippen LogP contribution is 2.35. The molecule has 1 saturated heterocycles. The molecule has 0 aromatic heterocycles. The SMILES string of the molecule is CC(C)NC(=O)NC(=O)[N+]1(C(=O)[C@H](CC2CCCC2)CN(O)C=O)CCC[C@H]1C. The Kier molecular flexibility index (Phi) is 8.15. The lowest BCUT2D eigenvalue weighted by atomic mass is 9.91. The molecule has 0 aromatic rings. The van der Waals surface area contributed by atoms with Crippen molar-refractivity contribution >= 4 is 24.4 Å². The molecule has 1 aliphatic carbocycles. The van der Waals surface area contributed by atoms with Crippen molar-refractivity contribution in [1.29, 1.82) is 0 Å². The molecule has 9 heteroatoms. The summed E-state index contributed by atoms with van der Waals surface area (Å²) in [6.45, 7) is 5.58. The van der Waals surface area contributed by atoms with Crippen LogP contribution in [0, 0.1) is 11.8 Å². The number of carbonyl (C=O) groups excluding carboxylic acids is 4. The van der Waals surface area contributed by atoms with E-state index < -0.39 is 22.5 Å². The van der Waals surface area contributed by atoms with Gasteiger partial charge in [-0.25, -0.2) is 24.8 Å². The van der Waals surface area contributed by atoms with Crippen LogP contribution in [0.3, 0.4) is 0 Å². The Balaban J connectivity index is 2.26. The lowest BCUT2D eigenvalue weighted by molar-refractivity contribution is -0.786. The standard InChI is InChI=1S/C20H34N4O5/c1-14(2)21-19(27)22-20(28)24(10-6-7-15(24)3)18(26)17(12-23(29)13-25)11-16-8-4-5-9-16/h13-17,29H,4-12H2,1-3H3,(H-,21,22,27,28)/p+1/t15-,17-,24?/m1/s1. The first-order chi connectivity index (χ1) is 13.7. The van der Waals surface area contributed by atoms with Crippen LogP contribution in [0.4, 0.5) is 9.59 Å². The molecule has 9 nitrogen and oxygen atoms in total. The van der Waals surface area contributed by atoms with Gasteiger partial charge in [-0.15, -0.1) is 0 Å². The van der Waals surface area contributed by atoms with Crippen LogP contribution in [-0.2, 0) is 9.59 Å². The molecule has 1 unspecified atom stereocenters. The lowest BCUT2D eigenvalue weighted by Gasteiger charge is -2.36. The minimum absolute atomic E-state index is 0.142. The van der Waals surface area contributed by atoms with Crippen molar-refractivity contribution in [2.45, 2.75) is 77.8 Å². The van der Waals surface area contributed by atoms with Gasteiger partial charge in [0, 0.05) is 18.9 Å². The predicted octanol–water partition coefficient (Wildman–Crippen LogP) is 2.38. The summed E-state index contributed by atoms with van der Waals surface area (Å²) in [5.74, 6) is -0.639. The van der Waals surface area contributed by atoms with Crippen molar-refractivity contribution < 1.29 is 28.9 Å². The van der Waals surface area contributed by atoms with Crippen LogP contribution in [0.15, 0.2) is 0 Å². The van der Waals surface area contributed by atoms with Gasteiger partial charge in [0.1, 0.15) is 6.04 Å². The predicted molar refractivity (Wildman–Crippen MR) is 106 cm³/mol. The number of urea groups is 2. The van der Waals surface area contributed by atoms with Gasteiger partial charge >= 0.3 is 18.0 Å². The highest BCUT2D eigenvalue weighted by atomic mass is 16.5. The molecule has 0 spiro atoms. The highest BCUT2D eigenvalue weighted by molar-refractivity contribution is 5.95. The zero-order valence-electron chi connectivity index (χ0n) is 17.7. The van der Waals surface area contributed by atoms with E-state index in [1.807, 2.05) is 6.92 Å². The summed E-state index contributed by atoms with van der Waals surface area (Å²) in [6, 6.07) is -1.68. The van der Waals surface area contributed by atoms with Gasteiger partial charge in [0.25, 0.3) is 0 Å². The van der Waals surface area contributed by atoms with Gasteiger partial charge in [0.05, 0.1) is 19.0 Å². The van der Waals surface area contributed by atoms with E-state index in [1.165, 1.54) is 0 Å². The van der Waals surface area contributed by atoms with Gasteiger partial charge in [-0.3, -0.25) is 10.0 Å². The van der Waals surface area contributed by atoms with E-state index in [1.54, 1.807) is 13.8 Å². The van der Waals surface area contributed by atoms with Gasteiger partial charge in [-0.05, 0) is 33.1 Å². The first-order valence-electron chi connectivity index (χ1n) is 10.7. The number of nitrogens with zero attached hydrogens (tertiary/aromatic N) is 2. The number of likely N-dealkylation sites (tertiary alicyclic amines) is 1. The molecule has 3 N–H and O–H groups in total. The third-order valence-electron chi connectivity index (χ3n) is 6.25. The Labute approximate surface area is 172 Å². The molecule has 1 heterocycles. The number of imide groups is 2. The number of rotatable bonds is 7. The number of amides is 6. The molecule has 0 radical (unpaired) electrons. The second-order valence-electron chi connectivity index (χ2n) is 8.79. The average Bonchev–Trinajstić information content (AvgIpc) is 3.29. The minimum Gasteiger partial charge on any atom is -0.335 e. The van der Waals surface area contributed by atoms with Crippen molar-refractivity contribution in [3.8, 4) is 0 Å². The van der Waals surface area contributed by atoms with Crippen LogP contribution in [0.5, 0.6) is 0 Å². The highest BCUT2D eigenvalue weighted by Gasteiger charge is 2.55. The second-order valence-corrected chi connectivity index (χ2v) is 8.79. The molecule has 1 aliphatic heterocycles. The Bertz CT molecular complexity index is 620. The summed E-state index contributed by atoms with van der Waals surface area (Å²) in [5, 5.41) is 15.2. The van der Waals surface area contributed by atoms with E-state index >= 15 is 0 Å². The summed E-state index contributed by atoms with van der Waals surface area (Å²) < 4.78 is -0.463. The van der Waals surface area contributed by atoms with Crippen molar-refractivity contribution in [2.24, 2.45) is 11.8 Å². The number of hydroxylamine groups is 2. The third-order valence-corrected chi connectivity index (χ3v) is 6.25. The van der Waals surface area contributed by atoms with Crippen molar-refractivity contribution in [3.05, 3.63) is 0 Å². The molecule has 29 heavy (non-hydrogen) atoms. The Morgan fingerprint density at radius 3 is 2.34 bits per heavy atom. The van der Waals surface area contributed by atoms with Crippen LogP contribution in [-0.4, -0.2) is 64.3 Å². The van der Waals surface area contributed by atoms with Crippen LogP contribution in [0.1, 0.15) is 65.7 Å². The topological polar surface area (TPSA) is 116 Å². The molecule has 2 rings (SSSR count). The van der Waals surface area contributed by atoms with Crippen LogP contribution >= 0.6 is 0 Å². The molecule has 0 aromatic carbocycles. The van der Waals surface area contributed by atoms with Gasteiger partial charge in [-0.1, -0.05) is 25.7 Å². The van der Waals surface area contributed by atoms with Gasteiger partial charge in [0.2, 0.25) is 6.41 Å². The number of nitrogens with one attached hydrogen (secondary N) is 2. The van der Waals surface area contributed by atoms with E-state index in [-0.39, 0.29) is 30.9 Å². The molecule has 1 saturated carbocycles. The lowest BCUT2D eigenvalue weighted by Crippen LogP contribution is -2.66. The van der Waals surface area contributed by atoms with Crippen LogP contribution in [0.25, 0.3) is 0 Å². The van der Waals surface area contributed by atoms with Crippen LogP contribution in [0.2, 0.25) is 0 Å². The molecular weight excluding hydrogens is 376 g/mol. The fourth-order valence-corrected chi connectivity index (χ4v) is 4.80. The maximum absolute atomic E-state index is 13.7. The van der Waals surface area contributed by atoms with Crippen molar-refractivity contribution in [2.75, 3.05) is 13.1 Å². The van der Waals surface area contributed by atoms with E-state index in [0.717, 1.165) is 25.7 Å². The Morgan fingerprint density at radius 1 is 1.17 bits per heavy atom. The van der Waals surface area contributed by atoms with Crippen LogP contribution < -0.4 is 10.6 Å². The smallest absolute Gasteiger partial charge is 0.335 e. The second kappa shape index (κ2) is 10.2. The first kappa shape index (κ1) is 23.3. The average molecular weight is 412 g/mol. The van der Waals surface area contributed by atoms with E-state index in [2.05, 4.69) is 10.6 Å². The van der Waals surface area contributed by atoms with E-state index in [9.17, 15) is 24.4 Å². The zero-order valence-corrected chi connectivity index (χ0v) is 17.7. The minimum atomic E-state index is -0.659. The quantitative estimate of drug-likeness (QED) is 0.257. The largest absolute Gasteiger partial charge is 0.432 e. The maximum atomic E-state index is 13.7. The zero-order chi connectivity index (χ0) is 21.6. The van der Waals surface area contributed by atoms with E-state index in [0.29, 0.717) is 36.8 Å². The first-order valence-corrected chi connectivity index (χ1v) is 10.7. The maximum Gasteiger partial charge on any atom is 0.432 e. The van der Waals surface area contributed by atoms with Gasteiger partial charge in [0.15, 0.2) is 0 Å². The molecule has 3 atom stereocenters. The Hall–Kier alpha value is -2.00. The molecule has 164 valence electrons. The van der Waals surface area contributed by atoms with Crippen molar-refractivity contribution in [3.63, 3.8) is 0 Å². The molecule has 2 aliphatic rings. The third kappa shape index (κ3) is 5.54. The summed E-state index contributed by atoms with van der Waals surface area (Å²) in [4.78, 5) is 49.9. The normalized spacial score (nSPS) is 25.6. The molecule has 6 amide bonds. The van der Waals surface area contributed by atoms with Crippen molar-refractivity contribution in [1.82, 2.24) is 15.7 Å². The molecule has 2 fully saturated rings. The number of hydrogen-bond donors (Lipinski definition) is 3. The molecular formula is C20H35N4O5+. The number of hydrogen-bond acceptors (Lipinski definition) is 5. The number of carbonyl (C=O) groups is 4. The monoisotopic (exact) mass is 411 g/mol. The van der Waals surface area contributed by atoms with Gasteiger partial charge in [-0.2, -0.15) is 4.48 Å². The fraction of sp³-hybridized carbons (Fsp3) is 0.800. The van der Waals surface area contributed by atoms with Gasteiger partial charge < -0.3 is 5.32 Å². The summed E-state index contributed by atoms with van der Waals surface area (Å²) in [6.07, 6.45) is 6.42. The summed E-state index contributed by atoms with van der Waals surface area (Å²) in [5.41, 5.74) is 0. The van der Waals surface area contributed by atoms with E-state index in [4.69, 9.17) is 0 Å². The summed E-state index contributed by atoms with van der Waals surface area (Å²) in [7, 11) is 0. The summed E-state index contributed by atoms with van der Waals surface area (Å²) >= 11 is 0. The molecule has 0 bridgehead atoms. The fourth-order valence-electron chi connectivity index (χ4n) is 4.80. The number of quaternary nitrogens is 1.